The molecule has 3 rings (SSSR count). The van der Waals surface area contributed by atoms with Gasteiger partial charge < -0.3 is 9.47 Å². The van der Waals surface area contributed by atoms with Crippen LogP contribution in [0.25, 0.3) is 0 Å². The number of anilines is 1. The number of halogens is 1. The van der Waals surface area contributed by atoms with Crippen LogP contribution >= 0.6 is 15.9 Å². The number of rotatable bonds is 3. The maximum atomic E-state index is 12.5. The van der Waals surface area contributed by atoms with Crippen LogP contribution in [0.3, 0.4) is 0 Å². The molecule has 22 heavy (non-hydrogen) atoms. The second-order valence-corrected chi connectivity index (χ2v) is 7.43. The standard InChI is InChI=1S/C15H14BrNO4S/c1-10-2-4-13(12(16)8-10)17-22(18,19)11-3-5-14-15(9-11)21-7-6-20-14/h2-5,8-9,17H,6-7H2,1H3. The van der Waals surface area contributed by atoms with Crippen molar-refractivity contribution in [3.63, 3.8) is 0 Å². The third-order valence-electron chi connectivity index (χ3n) is 3.19. The molecular weight excluding hydrogens is 370 g/mol. The zero-order chi connectivity index (χ0) is 15.7. The van der Waals surface area contributed by atoms with Gasteiger partial charge in [0.2, 0.25) is 0 Å². The maximum absolute atomic E-state index is 12.5. The van der Waals surface area contributed by atoms with E-state index in [1.807, 2.05) is 19.1 Å². The first-order valence-corrected chi connectivity index (χ1v) is 8.92. The minimum Gasteiger partial charge on any atom is -0.486 e. The summed E-state index contributed by atoms with van der Waals surface area (Å²) in [6.45, 7) is 2.81. The minimum absolute atomic E-state index is 0.129. The molecule has 0 fully saturated rings. The Hall–Kier alpha value is -1.73. The van der Waals surface area contributed by atoms with Crippen LogP contribution in [0.4, 0.5) is 5.69 Å². The van der Waals surface area contributed by atoms with E-state index in [2.05, 4.69) is 20.7 Å². The molecular formula is C15H14BrNO4S. The molecule has 0 spiro atoms. The van der Waals surface area contributed by atoms with E-state index in [4.69, 9.17) is 9.47 Å². The highest BCUT2D eigenvalue weighted by molar-refractivity contribution is 9.10. The van der Waals surface area contributed by atoms with Gasteiger partial charge in [-0.25, -0.2) is 8.42 Å². The Bertz CT molecular complexity index is 820. The average molecular weight is 384 g/mol. The van der Waals surface area contributed by atoms with E-state index in [1.165, 1.54) is 12.1 Å². The van der Waals surface area contributed by atoms with Gasteiger partial charge in [-0.3, -0.25) is 4.72 Å². The Morgan fingerprint density at radius 1 is 1.05 bits per heavy atom. The summed E-state index contributed by atoms with van der Waals surface area (Å²) >= 11 is 3.36. The van der Waals surface area contributed by atoms with Gasteiger partial charge in [-0.05, 0) is 52.7 Å². The molecule has 7 heteroatoms. The Morgan fingerprint density at radius 3 is 2.50 bits per heavy atom. The molecule has 116 valence electrons. The van der Waals surface area contributed by atoms with Crippen LogP contribution in [-0.4, -0.2) is 21.6 Å². The van der Waals surface area contributed by atoms with E-state index in [0.717, 1.165) is 5.56 Å². The molecule has 2 aromatic rings. The quantitative estimate of drug-likeness (QED) is 0.882. The molecule has 0 saturated heterocycles. The third-order valence-corrected chi connectivity index (χ3v) is 5.21. The van der Waals surface area contributed by atoms with Gasteiger partial charge in [0.25, 0.3) is 10.0 Å². The second kappa shape index (κ2) is 5.81. The fourth-order valence-electron chi connectivity index (χ4n) is 2.10. The van der Waals surface area contributed by atoms with Crippen molar-refractivity contribution in [3.8, 4) is 11.5 Å². The highest BCUT2D eigenvalue weighted by atomic mass is 79.9. The molecule has 1 aliphatic rings. The second-order valence-electron chi connectivity index (χ2n) is 4.89. The van der Waals surface area contributed by atoms with Crippen molar-refractivity contribution in [2.24, 2.45) is 0 Å². The van der Waals surface area contributed by atoms with Crippen molar-refractivity contribution >= 4 is 31.6 Å². The summed E-state index contributed by atoms with van der Waals surface area (Å²) in [6.07, 6.45) is 0. The summed E-state index contributed by atoms with van der Waals surface area (Å²) in [7, 11) is -3.70. The van der Waals surface area contributed by atoms with Crippen LogP contribution in [0.1, 0.15) is 5.56 Å². The summed E-state index contributed by atoms with van der Waals surface area (Å²) in [5.41, 5.74) is 1.52. The Morgan fingerprint density at radius 2 is 1.77 bits per heavy atom. The van der Waals surface area contributed by atoms with E-state index in [-0.39, 0.29) is 4.90 Å². The van der Waals surface area contributed by atoms with Crippen LogP contribution in [0, 0.1) is 6.92 Å². The van der Waals surface area contributed by atoms with E-state index in [1.54, 1.807) is 12.1 Å². The fourth-order valence-corrected chi connectivity index (χ4v) is 3.92. The molecule has 1 N–H and O–H groups in total. The van der Waals surface area contributed by atoms with Crippen LogP contribution in [-0.2, 0) is 10.0 Å². The smallest absolute Gasteiger partial charge is 0.262 e. The number of ether oxygens (including phenoxy) is 2. The van der Waals surface area contributed by atoms with Crippen molar-refractivity contribution in [3.05, 3.63) is 46.4 Å². The number of sulfonamides is 1. The van der Waals surface area contributed by atoms with Crippen molar-refractivity contribution < 1.29 is 17.9 Å². The van der Waals surface area contributed by atoms with Gasteiger partial charge >= 0.3 is 0 Å². The van der Waals surface area contributed by atoms with Gasteiger partial charge in [-0.1, -0.05) is 6.07 Å². The largest absolute Gasteiger partial charge is 0.486 e. The summed E-state index contributed by atoms with van der Waals surface area (Å²) in [5, 5.41) is 0. The van der Waals surface area contributed by atoms with E-state index >= 15 is 0 Å². The minimum atomic E-state index is -3.70. The lowest BCUT2D eigenvalue weighted by Crippen LogP contribution is -2.17. The van der Waals surface area contributed by atoms with E-state index in [0.29, 0.717) is 34.9 Å². The lowest BCUT2D eigenvalue weighted by Gasteiger charge is -2.19. The molecule has 0 radical (unpaired) electrons. The topological polar surface area (TPSA) is 64.6 Å². The Balaban J connectivity index is 1.92. The van der Waals surface area contributed by atoms with Crippen molar-refractivity contribution in [1.82, 2.24) is 0 Å². The van der Waals surface area contributed by atoms with Crippen LogP contribution in [0.5, 0.6) is 11.5 Å². The number of benzene rings is 2. The first kappa shape index (κ1) is 15.2. The predicted molar refractivity (Wildman–Crippen MR) is 87.1 cm³/mol. The van der Waals surface area contributed by atoms with Gasteiger partial charge in [-0.15, -0.1) is 0 Å². The number of aryl methyl sites for hydroxylation is 1. The first-order valence-electron chi connectivity index (χ1n) is 6.64. The monoisotopic (exact) mass is 383 g/mol. The van der Waals surface area contributed by atoms with Crippen molar-refractivity contribution in [1.29, 1.82) is 0 Å². The molecule has 1 aliphatic heterocycles. The molecule has 1 heterocycles. The third kappa shape index (κ3) is 3.05. The van der Waals surface area contributed by atoms with Crippen molar-refractivity contribution in [2.75, 3.05) is 17.9 Å². The highest BCUT2D eigenvalue weighted by Gasteiger charge is 2.20. The number of hydrogen-bond donors (Lipinski definition) is 1. The number of nitrogens with one attached hydrogen (secondary N) is 1. The summed E-state index contributed by atoms with van der Waals surface area (Å²) in [5.74, 6) is 0.999. The lowest BCUT2D eigenvalue weighted by molar-refractivity contribution is 0.171. The molecule has 5 nitrogen and oxygen atoms in total. The van der Waals surface area contributed by atoms with Gasteiger partial charge in [0.05, 0.1) is 10.6 Å². The first-order chi connectivity index (χ1) is 10.5. The highest BCUT2D eigenvalue weighted by Crippen LogP contribution is 2.33. The lowest BCUT2D eigenvalue weighted by atomic mass is 10.2. The Kier molecular flexibility index (Phi) is 4.01. The van der Waals surface area contributed by atoms with Gasteiger partial charge in [0, 0.05) is 10.5 Å². The van der Waals surface area contributed by atoms with Crippen molar-refractivity contribution in [2.45, 2.75) is 11.8 Å². The molecule has 0 aliphatic carbocycles. The van der Waals surface area contributed by atoms with Crippen LogP contribution in [0.15, 0.2) is 45.8 Å². The maximum Gasteiger partial charge on any atom is 0.262 e. The van der Waals surface area contributed by atoms with E-state index in [9.17, 15) is 8.42 Å². The molecule has 0 amide bonds. The number of hydrogen-bond acceptors (Lipinski definition) is 4. The fraction of sp³-hybridized carbons (Fsp3) is 0.200. The molecule has 2 aromatic carbocycles. The SMILES string of the molecule is Cc1ccc(NS(=O)(=O)c2ccc3c(c2)OCCO3)c(Br)c1. The van der Waals surface area contributed by atoms with Crippen LogP contribution < -0.4 is 14.2 Å². The Labute approximate surface area is 137 Å². The summed E-state index contributed by atoms with van der Waals surface area (Å²) in [6, 6.07) is 9.98. The summed E-state index contributed by atoms with van der Waals surface area (Å²) < 4.78 is 39.1. The predicted octanol–water partition coefficient (Wildman–Crippen LogP) is 3.33. The molecule has 0 bridgehead atoms. The van der Waals surface area contributed by atoms with E-state index < -0.39 is 10.0 Å². The summed E-state index contributed by atoms with van der Waals surface area (Å²) in [4.78, 5) is 0.129. The molecule has 0 saturated carbocycles. The zero-order valence-electron chi connectivity index (χ0n) is 11.8. The molecule has 0 aromatic heterocycles. The molecule has 0 atom stereocenters. The van der Waals surface area contributed by atoms with Gasteiger partial charge in [0.1, 0.15) is 13.2 Å². The van der Waals surface area contributed by atoms with Gasteiger partial charge in [0.15, 0.2) is 11.5 Å². The van der Waals surface area contributed by atoms with Gasteiger partial charge in [-0.2, -0.15) is 0 Å². The van der Waals surface area contributed by atoms with Crippen LogP contribution in [0.2, 0.25) is 0 Å². The normalized spacial score (nSPS) is 13.7. The average Bonchev–Trinajstić information content (AvgIpc) is 2.49. The zero-order valence-corrected chi connectivity index (χ0v) is 14.2. The molecule has 0 unspecified atom stereocenters. The number of fused-ring (bicyclic) bond motifs is 1.